The van der Waals surface area contributed by atoms with Crippen molar-refractivity contribution in [3.05, 3.63) is 78.5 Å². The first kappa shape index (κ1) is 30.1. The average Bonchev–Trinajstić information content (AvgIpc) is 3.31. The number of hydrogen-bond acceptors (Lipinski definition) is 6. The van der Waals surface area contributed by atoms with Gasteiger partial charge in [0.1, 0.15) is 28.6 Å². The third kappa shape index (κ3) is 7.47. The summed E-state index contributed by atoms with van der Waals surface area (Å²) >= 11 is 0. The quantitative estimate of drug-likeness (QED) is 0.282. The molecule has 4 unspecified atom stereocenters. The number of anilines is 1. The second kappa shape index (κ2) is 13.7. The van der Waals surface area contributed by atoms with Crippen LogP contribution in [0, 0.1) is 11.8 Å². The van der Waals surface area contributed by atoms with Crippen molar-refractivity contribution in [2.24, 2.45) is 17.6 Å². The van der Waals surface area contributed by atoms with E-state index in [0.29, 0.717) is 35.1 Å². The Morgan fingerprint density at radius 2 is 1.85 bits per heavy atom. The molecule has 4 rings (SSSR count). The summed E-state index contributed by atoms with van der Waals surface area (Å²) < 4.78 is 7.73. The van der Waals surface area contributed by atoms with Gasteiger partial charge in [-0.25, -0.2) is 4.68 Å². The monoisotopic (exact) mass is 556 g/mol. The number of carbonyl (C=O) groups is 1. The lowest BCUT2D eigenvalue weighted by Crippen LogP contribution is -2.40. The van der Waals surface area contributed by atoms with Crippen molar-refractivity contribution >= 4 is 11.7 Å². The van der Waals surface area contributed by atoms with E-state index in [1.807, 2.05) is 59.3 Å². The highest BCUT2D eigenvalue weighted by Crippen LogP contribution is 2.34. The van der Waals surface area contributed by atoms with E-state index in [1.54, 1.807) is 0 Å². The summed E-state index contributed by atoms with van der Waals surface area (Å²) in [6.45, 7) is 11.2. The number of primary amides is 1. The molecule has 1 saturated heterocycles. The molecule has 41 heavy (non-hydrogen) atoms. The van der Waals surface area contributed by atoms with E-state index in [0.717, 1.165) is 50.2 Å². The average molecular weight is 557 g/mol. The lowest BCUT2D eigenvalue weighted by atomic mass is 9.89. The van der Waals surface area contributed by atoms with Crippen molar-refractivity contribution in [1.82, 2.24) is 19.6 Å². The number of nitrogen functional groups attached to an aromatic ring is 1. The number of likely N-dealkylation sites (tertiary alicyclic amines) is 1. The van der Waals surface area contributed by atoms with Gasteiger partial charge in [0.2, 0.25) is 0 Å². The fourth-order valence-electron chi connectivity index (χ4n) is 5.75. The number of amides is 1. The Morgan fingerprint density at radius 1 is 1.17 bits per heavy atom. The van der Waals surface area contributed by atoms with E-state index in [4.69, 9.17) is 21.3 Å². The number of ether oxygens (including phenoxy) is 1. The molecule has 0 saturated carbocycles. The lowest BCUT2D eigenvalue weighted by molar-refractivity contribution is 0.100. The number of piperidine rings is 1. The van der Waals surface area contributed by atoms with Crippen LogP contribution in [0.2, 0.25) is 0 Å². The molecule has 4 N–H and O–H groups in total. The number of rotatable bonds is 12. The summed E-state index contributed by atoms with van der Waals surface area (Å²) in [6.07, 6.45) is 5.12. The minimum atomic E-state index is -0.582. The summed E-state index contributed by atoms with van der Waals surface area (Å²) in [4.78, 5) is 17.3. The molecule has 4 atom stereocenters. The van der Waals surface area contributed by atoms with Crippen LogP contribution in [0.25, 0.3) is 11.3 Å². The molecule has 2 aromatic carbocycles. The molecule has 0 bridgehead atoms. The minimum absolute atomic E-state index is 0.0442. The molecule has 1 fully saturated rings. The van der Waals surface area contributed by atoms with Crippen LogP contribution in [0.1, 0.15) is 49.5 Å². The van der Waals surface area contributed by atoms with Crippen molar-refractivity contribution < 1.29 is 9.53 Å². The topological polar surface area (TPSA) is 103 Å². The maximum Gasteiger partial charge on any atom is 0.254 e. The van der Waals surface area contributed by atoms with Crippen molar-refractivity contribution in [3.63, 3.8) is 0 Å². The number of nitrogens with two attached hydrogens (primary N) is 2. The summed E-state index contributed by atoms with van der Waals surface area (Å²) in [5.74, 6) is 2.06. The molecule has 8 nitrogen and oxygen atoms in total. The lowest BCUT2D eigenvalue weighted by Gasteiger charge is -2.36. The van der Waals surface area contributed by atoms with Gasteiger partial charge in [-0.2, -0.15) is 5.10 Å². The van der Waals surface area contributed by atoms with Gasteiger partial charge in [-0.15, -0.1) is 5.73 Å². The molecule has 218 valence electrons. The van der Waals surface area contributed by atoms with Crippen molar-refractivity contribution in [2.75, 3.05) is 39.5 Å². The van der Waals surface area contributed by atoms with Gasteiger partial charge in [-0.05, 0) is 101 Å². The third-order valence-corrected chi connectivity index (χ3v) is 8.29. The van der Waals surface area contributed by atoms with Crippen LogP contribution in [0.15, 0.2) is 73.0 Å². The standard InChI is InChI=1S/C33H44N6O2/c1-6-11-25(20-23(2)24(3)37(4)5)21-38-19-10-12-27(22-38)39-32(34)30(33(35)40)31(36-39)26-15-17-29(18-16-26)41-28-13-8-7-9-14-28/h7-9,11,13-18,23-25,27H,1,10,12,19-22,34H2,2-5H3,(H2,35,40). The molecule has 0 spiro atoms. The second-order valence-electron chi connectivity index (χ2n) is 11.5. The number of hydrogen-bond donors (Lipinski definition) is 2. The van der Waals surface area contributed by atoms with Crippen molar-refractivity contribution in [1.29, 1.82) is 0 Å². The number of aromatic nitrogens is 2. The molecule has 1 aromatic heterocycles. The smallest absolute Gasteiger partial charge is 0.254 e. The van der Waals surface area contributed by atoms with E-state index in [1.165, 1.54) is 0 Å². The molecule has 1 aliphatic heterocycles. The Bertz CT molecular complexity index is 1340. The molecule has 0 radical (unpaired) electrons. The van der Waals surface area contributed by atoms with E-state index in [9.17, 15) is 4.79 Å². The maximum absolute atomic E-state index is 12.5. The third-order valence-electron chi connectivity index (χ3n) is 8.29. The van der Waals surface area contributed by atoms with Gasteiger partial charge in [0.15, 0.2) is 0 Å². The highest BCUT2D eigenvalue weighted by molar-refractivity contribution is 6.03. The van der Waals surface area contributed by atoms with Crippen LogP contribution in [0.5, 0.6) is 11.5 Å². The highest BCUT2D eigenvalue weighted by atomic mass is 16.5. The first-order valence-corrected chi connectivity index (χ1v) is 14.4. The predicted molar refractivity (Wildman–Crippen MR) is 166 cm³/mol. The number of carbonyl (C=O) groups excluding carboxylic acids is 1. The molecule has 2 heterocycles. The first-order valence-electron chi connectivity index (χ1n) is 14.4. The predicted octanol–water partition coefficient (Wildman–Crippen LogP) is 5.59. The van der Waals surface area contributed by atoms with Gasteiger partial charge in [0, 0.05) is 24.7 Å². The molecule has 8 heteroatoms. The Morgan fingerprint density at radius 3 is 2.49 bits per heavy atom. The van der Waals surface area contributed by atoms with Gasteiger partial charge in [0.05, 0.1) is 6.04 Å². The maximum atomic E-state index is 12.5. The zero-order chi connectivity index (χ0) is 29.5. The van der Waals surface area contributed by atoms with Gasteiger partial charge in [0.25, 0.3) is 5.91 Å². The van der Waals surface area contributed by atoms with Crippen molar-refractivity contribution in [2.45, 2.75) is 45.2 Å². The Balaban J connectivity index is 1.51. The van der Waals surface area contributed by atoms with E-state index >= 15 is 0 Å². The fraction of sp³-hybridized carbons (Fsp3) is 0.424. The highest BCUT2D eigenvalue weighted by Gasteiger charge is 2.30. The Labute approximate surface area is 244 Å². The van der Waals surface area contributed by atoms with E-state index in [2.05, 4.69) is 56.1 Å². The summed E-state index contributed by atoms with van der Waals surface area (Å²) in [7, 11) is 4.26. The van der Waals surface area contributed by atoms with Crippen LogP contribution < -0.4 is 16.2 Å². The second-order valence-corrected chi connectivity index (χ2v) is 11.5. The van der Waals surface area contributed by atoms with Gasteiger partial charge >= 0.3 is 0 Å². The minimum Gasteiger partial charge on any atom is -0.457 e. The molecule has 0 aliphatic carbocycles. The van der Waals surface area contributed by atoms with Gasteiger partial charge in [-0.1, -0.05) is 31.7 Å². The first-order chi connectivity index (χ1) is 19.7. The van der Waals surface area contributed by atoms with Crippen LogP contribution in [0.3, 0.4) is 0 Å². The number of benzene rings is 2. The molecular formula is C33H44N6O2. The molecule has 1 amide bonds. The van der Waals surface area contributed by atoms with Gasteiger partial charge in [-0.3, -0.25) is 4.79 Å². The normalized spacial score (nSPS) is 17.9. The van der Waals surface area contributed by atoms with Crippen LogP contribution in [0.4, 0.5) is 5.82 Å². The van der Waals surface area contributed by atoms with Crippen LogP contribution >= 0.6 is 0 Å². The van der Waals surface area contributed by atoms with Gasteiger partial charge < -0.3 is 26.0 Å². The fourth-order valence-corrected chi connectivity index (χ4v) is 5.75. The Hall–Kier alpha value is -3.84. The van der Waals surface area contributed by atoms with Crippen molar-refractivity contribution in [3.8, 4) is 22.8 Å². The summed E-state index contributed by atoms with van der Waals surface area (Å²) in [6, 6.07) is 17.6. The Kier molecular flexibility index (Phi) is 10.1. The molecule has 3 aromatic rings. The van der Waals surface area contributed by atoms with E-state index < -0.39 is 5.91 Å². The summed E-state index contributed by atoms with van der Waals surface area (Å²) in [5.41, 5.74) is 16.9. The number of nitrogens with zero attached hydrogens (tertiary/aromatic N) is 4. The SMILES string of the molecule is C=C=CC(CC(C)C(C)N(C)C)CN1CCCC(n2nc(-c3ccc(Oc4ccccc4)cc3)c(C(N)=O)c2N)C1. The van der Waals surface area contributed by atoms with Crippen LogP contribution in [-0.2, 0) is 0 Å². The zero-order valence-electron chi connectivity index (χ0n) is 24.8. The summed E-state index contributed by atoms with van der Waals surface area (Å²) in [5, 5.41) is 4.87. The molecular weight excluding hydrogens is 512 g/mol. The number of para-hydroxylation sites is 1. The largest absolute Gasteiger partial charge is 0.457 e. The van der Waals surface area contributed by atoms with Crippen LogP contribution in [-0.4, -0.2) is 65.3 Å². The van der Waals surface area contributed by atoms with E-state index in [-0.39, 0.29) is 11.6 Å². The zero-order valence-corrected chi connectivity index (χ0v) is 24.8. The molecule has 1 aliphatic rings.